The molecule has 2 nitrogen and oxygen atoms in total. The molecule has 0 saturated heterocycles. The molecule has 0 aliphatic carbocycles. The van der Waals surface area contributed by atoms with Gasteiger partial charge in [-0.3, -0.25) is 4.98 Å². The second-order valence-electron chi connectivity index (χ2n) is 3.19. The molecule has 0 aliphatic rings. The van der Waals surface area contributed by atoms with Crippen molar-refractivity contribution in [1.82, 2.24) is 4.98 Å². The van der Waals surface area contributed by atoms with Crippen LogP contribution in [0, 0.1) is 6.92 Å². The first kappa shape index (κ1) is 10.8. The Morgan fingerprint density at radius 1 is 1.43 bits per heavy atom. The maximum absolute atomic E-state index is 12.4. The average molecular weight is 204 g/mol. The molecule has 0 fully saturated rings. The Bertz CT molecular complexity index is 333. The van der Waals surface area contributed by atoms with E-state index in [2.05, 4.69) is 4.98 Å². The fraction of sp³-hybridized carbons (Fsp3) is 0.444. The van der Waals surface area contributed by atoms with Crippen molar-refractivity contribution in [2.24, 2.45) is 0 Å². The Kier molecular flexibility index (Phi) is 2.69. The van der Waals surface area contributed by atoms with Crippen molar-refractivity contribution in [1.29, 1.82) is 0 Å². The Labute approximate surface area is 79.9 Å². The standard InChI is InChI=1S/C9H11F3N2/c1-5-3-4-14-8(7(5)13)6(2)9(10,11)12/h3-4,6H,13H2,1-2H3/t6-/m0/s1. The van der Waals surface area contributed by atoms with Gasteiger partial charge in [0, 0.05) is 6.20 Å². The zero-order valence-corrected chi connectivity index (χ0v) is 7.89. The molecule has 2 N–H and O–H groups in total. The second-order valence-corrected chi connectivity index (χ2v) is 3.19. The number of nitrogens with two attached hydrogens (primary N) is 1. The lowest BCUT2D eigenvalue weighted by molar-refractivity contribution is -0.146. The number of halogens is 3. The summed E-state index contributed by atoms with van der Waals surface area (Å²) in [6.45, 7) is 2.71. The number of aryl methyl sites for hydroxylation is 1. The first-order valence-corrected chi connectivity index (χ1v) is 4.11. The summed E-state index contributed by atoms with van der Waals surface area (Å²) in [5.41, 5.74) is 6.16. The predicted octanol–water partition coefficient (Wildman–Crippen LogP) is 2.64. The minimum Gasteiger partial charge on any atom is -0.397 e. The van der Waals surface area contributed by atoms with Gasteiger partial charge in [0.15, 0.2) is 0 Å². The summed E-state index contributed by atoms with van der Waals surface area (Å²) in [7, 11) is 0. The van der Waals surface area contributed by atoms with Gasteiger partial charge in [-0.25, -0.2) is 0 Å². The van der Waals surface area contributed by atoms with E-state index < -0.39 is 12.1 Å². The van der Waals surface area contributed by atoms with Crippen molar-refractivity contribution >= 4 is 5.69 Å². The van der Waals surface area contributed by atoms with Crippen LogP contribution in [0.5, 0.6) is 0 Å². The van der Waals surface area contributed by atoms with Gasteiger partial charge in [0.2, 0.25) is 0 Å². The van der Waals surface area contributed by atoms with Gasteiger partial charge >= 0.3 is 6.18 Å². The Morgan fingerprint density at radius 3 is 2.50 bits per heavy atom. The third-order valence-corrected chi connectivity index (χ3v) is 2.14. The van der Waals surface area contributed by atoms with E-state index in [-0.39, 0.29) is 11.4 Å². The predicted molar refractivity (Wildman–Crippen MR) is 47.9 cm³/mol. The van der Waals surface area contributed by atoms with Gasteiger partial charge in [0.25, 0.3) is 0 Å². The van der Waals surface area contributed by atoms with Crippen molar-refractivity contribution < 1.29 is 13.2 Å². The van der Waals surface area contributed by atoms with Gasteiger partial charge in [0.1, 0.15) is 0 Å². The number of hydrogen-bond acceptors (Lipinski definition) is 2. The van der Waals surface area contributed by atoms with Gasteiger partial charge in [0.05, 0.1) is 17.3 Å². The summed E-state index contributed by atoms with van der Waals surface area (Å²) in [5, 5.41) is 0. The lowest BCUT2D eigenvalue weighted by atomic mass is 10.0. The maximum Gasteiger partial charge on any atom is 0.397 e. The smallest absolute Gasteiger partial charge is 0.397 e. The molecule has 1 aromatic heterocycles. The van der Waals surface area contributed by atoms with Crippen LogP contribution < -0.4 is 5.73 Å². The number of anilines is 1. The van der Waals surface area contributed by atoms with Gasteiger partial charge in [-0.05, 0) is 25.5 Å². The second kappa shape index (κ2) is 3.48. The Hall–Kier alpha value is -1.26. The number of nitrogen functional groups attached to an aromatic ring is 1. The van der Waals surface area contributed by atoms with Gasteiger partial charge in [-0.2, -0.15) is 13.2 Å². The number of pyridine rings is 1. The van der Waals surface area contributed by atoms with E-state index in [1.165, 1.54) is 6.20 Å². The molecule has 1 rings (SSSR count). The lowest BCUT2D eigenvalue weighted by Crippen LogP contribution is -2.20. The van der Waals surface area contributed by atoms with Crippen LogP contribution in [0.3, 0.4) is 0 Å². The number of rotatable bonds is 1. The highest BCUT2D eigenvalue weighted by Crippen LogP contribution is 2.36. The molecule has 0 radical (unpaired) electrons. The molecule has 0 bridgehead atoms. The summed E-state index contributed by atoms with van der Waals surface area (Å²) < 4.78 is 37.1. The highest BCUT2D eigenvalue weighted by Gasteiger charge is 2.39. The van der Waals surface area contributed by atoms with E-state index in [4.69, 9.17) is 5.73 Å². The summed E-state index contributed by atoms with van der Waals surface area (Å²) in [4.78, 5) is 3.66. The minimum absolute atomic E-state index is 0.0995. The van der Waals surface area contributed by atoms with Crippen LogP contribution in [-0.2, 0) is 0 Å². The SMILES string of the molecule is Cc1ccnc([C@H](C)C(F)(F)F)c1N. The fourth-order valence-corrected chi connectivity index (χ4v) is 1.09. The third-order valence-electron chi connectivity index (χ3n) is 2.14. The van der Waals surface area contributed by atoms with Crippen LogP contribution in [0.15, 0.2) is 12.3 Å². The highest BCUT2D eigenvalue weighted by atomic mass is 19.4. The van der Waals surface area contributed by atoms with Crippen molar-refractivity contribution in [2.75, 3.05) is 5.73 Å². The lowest BCUT2D eigenvalue weighted by Gasteiger charge is -2.17. The maximum atomic E-state index is 12.4. The van der Waals surface area contributed by atoms with Gasteiger partial charge in [-0.15, -0.1) is 0 Å². The quantitative estimate of drug-likeness (QED) is 0.763. The fourth-order valence-electron chi connectivity index (χ4n) is 1.09. The van der Waals surface area contributed by atoms with Crippen LogP contribution in [0.2, 0.25) is 0 Å². The molecule has 0 saturated carbocycles. The summed E-state index contributed by atoms with van der Waals surface area (Å²) in [5.74, 6) is -1.62. The van der Waals surface area contributed by atoms with Gasteiger partial charge in [-0.1, -0.05) is 0 Å². The largest absolute Gasteiger partial charge is 0.397 e. The molecule has 78 valence electrons. The van der Waals surface area contributed by atoms with Crippen LogP contribution in [0.4, 0.5) is 18.9 Å². The molecule has 0 aliphatic heterocycles. The van der Waals surface area contributed by atoms with Crippen LogP contribution in [0.25, 0.3) is 0 Å². The molecule has 0 unspecified atom stereocenters. The van der Waals surface area contributed by atoms with Crippen molar-refractivity contribution in [3.05, 3.63) is 23.5 Å². The van der Waals surface area contributed by atoms with Crippen molar-refractivity contribution in [3.8, 4) is 0 Å². The highest BCUT2D eigenvalue weighted by molar-refractivity contribution is 5.51. The van der Waals surface area contributed by atoms with E-state index in [0.29, 0.717) is 5.56 Å². The summed E-state index contributed by atoms with van der Waals surface area (Å²) in [6.07, 6.45) is -2.96. The van der Waals surface area contributed by atoms with E-state index in [9.17, 15) is 13.2 Å². The van der Waals surface area contributed by atoms with Crippen LogP contribution in [-0.4, -0.2) is 11.2 Å². The van der Waals surface area contributed by atoms with Crippen molar-refractivity contribution in [3.63, 3.8) is 0 Å². The first-order valence-electron chi connectivity index (χ1n) is 4.11. The molecule has 1 heterocycles. The first-order chi connectivity index (χ1) is 6.34. The number of aromatic nitrogens is 1. The zero-order valence-electron chi connectivity index (χ0n) is 7.89. The topological polar surface area (TPSA) is 38.9 Å². The van der Waals surface area contributed by atoms with E-state index >= 15 is 0 Å². The van der Waals surface area contributed by atoms with E-state index in [0.717, 1.165) is 6.92 Å². The molecular weight excluding hydrogens is 193 g/mol. The molecule has 1 atom stereocenters. The number of hydrogen-bond donors (Lipinski definition) is 1. The molecule has 0 aromatic carbocycles. The molecule has 14 heavy (non-hydrogen) atoms. The monoisotopic (exact) mass is 204 g/mol. The molecule has 0 spiro atoms. The summed E-state index contributed by atoms with van der Waals surface area (Å²) >= 11 is 0. The van der Waals surface area contributed by atoms with E-state index in [1.54, 1.807) is 13.0 Å². The normalized spacial score (nSPS) is 14.1. The summed E-state index contributed by atoms with van der Waals surface area (Å²) in [6, 6.07) is 1.59. The third kappa shape index (κ3) is 1.97. The van der Waals surface area contributed by atoms with Gasteiger partial charge < -0.3 is 5.73 Å². The average Bonchev–Trinajstić information content (AvgIpc) is 2.07. The minimum atomic E-state index is -4.30. The zero-order chi connectivity index (χ0) is 10.9. The number of nitrogens with zero attached hydrogens (tertiary/aromatic N) is 1. The van der Waals surface area contributed by atoms with Crippen molar-refractivity contribution in [2.45, 2.75) is 25.9 Å². The molecule has 1 aromatic rings. The Morgan fingerprint density at radius 2 is 2.00 bits per heavy atom. The Balaban J connectivity index is 3.14. The van der Waals surface area contributed by atoms with Crippen LogP contribution in [0.1, 0.15) is 24.1 Å². The molecule has 5 heteroatoms. The van der Waals surface area contributed by atoms with Crippen LogP contribution >= 0.6 is 0 Å². The molecular formula is C9H11F3N2. The number of alkyl halides is 3. The molecule has 0 amide bonds. The van der Waals surface area contributed by atoms with E-state index in [1.807, 2.05) is 0 Å².